The molecule has 0 amide bonds. The van der Waals surface area contributed by atoms with Crippen LogP contribution in [-0.4, -0.2) is 25.5 Å². The zero-order chi connectivity index (χ0) is 13.7. The number of hydrogen-bond donors (Lipinski definition) is 1. The normalized spacial score (nSPS) is 10.6. The summed E-state index contributed by atoms with van der Waals surface area (Å²) in [7, 11) is 3.17. The van der Waals surface area contributed by atoms with Crippen molar-refractivity contribution >= 4 is 11.9 Å². The van der Waals surface area contributed by atoms with Crippen molar-refractivity contribution in [2.45, 2.75) is 0 Å². The fourth-order valence-electron chi connectivity index (χ4n) is 1.65. The van der Waals surface area contributed by atoms with Gasteiger partial charge in [0.1, 0.15) is 17.2 Å². The molecule has 2 aromatic rings. The van der Waals surface area contributed by atoms with E-state index in [0.717, 1.165) is 11.4 Å². The maximum absolute atomic E-state index is 9.79. The highest BCUT2D eigenvalue weighted by molar-refractivity contribution is 5.88. The number of rotatable bonds is 4. The number of phenolic OH excluding ortho intramolecular Hbond substituents is 1. The largest absolute Gasteiger partial charge is 0.507 e. The summed E-state index contributed by atoms with van der Waals surface area (Å²) in [5, 5.41) is 9.79. The molecule has 2 aromatic carbocycles. The van der Waals surface area contributed by atoms with Gasteiger partial charge in [0, 0.05) is 6.21 Å². The van der Waals surface area contributed by atoms with Gasteiger partial charge in [0.15, 0.2) is 0 Å². The average molecular weight is 257 g/mol. The smallest absolute Gasteiger partial charge is 0.131 e. The van der Waals surface area contributed by atoms with Crippen LogP contribution in [-0.2, 0) is 0 Å². The summed E-state index contributed by atoms with van der Waals surface area (Å²) in [6, 6.07) is 12.4. The molecular weight excluding hydrogens is 242 g/mol. The molecule has 0 aromatic heterocycles. The molecule has 1 N–H and O–H groups in total. The van der Waals surface area contributed by atoms with E-state index in [1.165, 1.54) is 0 Å². The summed E-state index contributed by atoms with van der Waals surface area (Å²) in [6.07, 6.45) is 1.58. The second-order valence-electron chi connectivity index (χ2n) is 3.85. The van der Waals surface area contributed by atoms with E-state index in [0.29, 0.717) is 11.3 Å². The molecule has 0 heterocycles. The molecule has 0 fully saturated rings. The summed E-state index contributed by atoms with van der Waals surface area (Å²) >= 11 is 0. The molecule has 0 unspecified atom stereocenters. The Morgan fingerprint density at radius 2 is 1.74 bits per heavy atom. The molecule has 0 atom stereocenters. The molecule has 0 saturated carbocycles. The van der Waals surface area contributed by atoms with Crippen molar-refractivity contribution < 1.29 is 14.6 Å². The first-order valence-electron chi connectivity index (χ1n) is 5.78. The Hall–Kier alpha value is -2.49. The first-order valence-corrected chi connectivity index (χ1v) is 5.78. The molecule has 2 rings (SSSR count). The minimum absolute atomic E-state index is 0.136. The fourth-order valence-corrected chi connectivity index (χ4v) is 1.65. The number of nitrogens with zero attached hydrogens (tertiary/aromatic N) is 1. The quantitative estimate of drug-likeness (QED) is 0.856. The predicted octanol–water partition coefficient (Wildman–Crippen LogP) is 3.16. The number of hydrogen-bond acceptors (Lipinski definition) is 4. The van der Waals surface area contributed by atoms with E-state index in [1.807, 2.05) is 24.3 Å². The molecular formula is C15H15NO3. The number of phenols is 1. The Balaban J connectivity index is 2.26. The topological polar surface area (TPSA) is 51.0 Å². The fraction of sp³-hybridized carbons (Fsp3) is 0.133. The van der Waals surface area contributed by atoms with Crippen molar-refractivity contribution in [3.8, 4) is 17.2 Å². The zero-order valence-electron chi connectivity index (χ0n) is 10.8. The van der Waals surface area contributed by atoms with Crippen molar-refractivity contribution in [3.05, 3.63) is 48.0 Å². The van der Waals surface area contributed by atoms with Gasteiger partial charge in [0.25, 0.3) is 0 Å². The highest BCUT2D eigenvalue weighted by Gasteiger charge is 2.05. The van der Waals surface area contributed by atoms with E-state index in [-0.39, 0.29) is 5.75 Å². The molecule has 0 spiro atoms. The van der Waals surface area contributed by atoms with E-state index in [4.69, 9.17) is 9.47 Å². The van der Waals surface area contributed by atoms with Gasteiger partial charge in [0.05, 0.1) is 25.5 Å². The maximum Gasteiger partial charge on any atom is 0.131 e. The second-order valence-corrected chi connectivity index (χ2v) is 3.85. The van der Waals surface area contributed by atoms with Crippen LogP contribution in [0.25, 0.3) is 0 Å². The van der Waals surface area contributed by atoms with E-state index >= 15 is 0 Å². The number of benzene rings is 2. The average Bonchev–Trinajstić information content (AvgIpc) is 2.46. The third-order valence-corrected chi connectivity index (χ3v) is 2.68. The standard InChI is InChI=1S/C15H15NO3/c1-18-12-8-6-11(7-9-12)16-10-13-14(17)4-3-5-15(13)19-2/h3-10,17H,1-2H3. The number of aromatic hydroxyl groups is 1. The molecule has 98 valence electrons. The molecule has 0 aliphatic carbocycles. The molecule has 0 radical (unpaired) electrons. The number of ether oxygens (including phenoxy) is 2. The second kappa shape index (κ2) is 5.91. The van der Waals surface area contributed by atoms with Crippen molar-refractivity contribution in [2.75, 3.05) is 14.2 Å². The lowest BCUT2D eigenvalue weighted by Gasteiger charge is -2.05. The first kappa shape index (κ1) is 13.0. The van der Waals surface area contributed by atoms with Gasteiger partial charge >= 0.3 is 0 Å². The van der Waals surface area contributed by atoms with Gasteiger partial charge in [0.2, 0.25) is 0 Å². The third-order valence-electron chi connectivity index (χ3n) is 2.68. The number of methoxy groups -OCH3 is 2. The van der Waals surface area contributed by atoms with E-state index in [2.05, 4.69) is 4.99 Å². The van der Waals surface area contributed by atoms with E-state index in [1.54, 1.807) is 38.6 Å². The van der Waals surface area contributed by atoms with Gasteiger partial charge in [-0.2, -0.15) is 0 Å². The summed E-state index contributed by atoms with van der Waals surface area (Å²) < 4.78 is 10.3. The van der Waals surface area contributed by atoms with Gasteiger partial charge < -0.3 is 14.6 Å². The summed E-state index contributed by atoms with van der Waals surface area (Å²) in [5.41, 5.74) is 1.33. The Kier molecular flexibility index (Phi) is 4.03. The van der Waals surface area contributed by atoms with Crippen molar-refractivity contribution in [3.63, 3.8) is 0 Å². The predicted molar refractivity (Wildman–Crippen MR) is 74.9 cm³/mol. The monoisotopic (exact) mass is 257 g/mol. The third kappa shape index (κ3) is 3.04. The van der Waals surface area contributed by atoms with Crippen molar-refractivity contribution in [2.24, 2.45) is 4.99 Å². The van der Waals surface area contributed by atoms with Crippen LogP contribution in [0.2, 0.25) is 0 Å². The van der Waals surface area contributed by atoms with E-state index in [9.17, 15) is 5.11 Å². The molecule has 4 nitrogen and oxygen atoms in total. The summed E-state index contributed by atoms with van der Waals surface area (Å²) in [4.78, 5) is 4.30. The van der Waals surface area contributed by atoms with Crippen LogP contribution in [0.15, 0.2) is 47.5 Å². The maximum atomic E-state index is 9.79. The van der Waals surface area contributed by atoms with Gasteiger partial charge in [-0.1, -0.05) is 6.07 Å². The summed E-state index contributed by atoms with van der Waals surface area (Å²) in [5.74, 6) is 1.49. The lowest BCUT2D eigenvalue weighted by molar-refractivity contribution is 0.406. The molecule has 19 heavy (non-hydrogen) atoms. The van der Waals surface area contributed by atoms with Gasteiger partial charge in [-0.3, -0.25) is 4.99 Å². The highest BCUT2D eigenvalue weighted by Crippen LogP contribution is 2.26. The van der Waals surface area contributed by atoms with Gasteiger partial charge in [-0.25, -0.2) is 0 Å². The molecule has 0 bridgehead atoms. The van der Waals surface area contributed by atoms with Crippen molar-refractivity contribution in [1.29, 1.82) is 0 Å². The van der Waals surface area contributed by atoms with Crippen LogP contribution in [0.1, 0.15) is 5.56 Å². The van der Waals surface area contributed by atoms with Crippen LogP contribution in [0.3, 0.4) is 0 Å². The van der Waals surface area contributed by atoms with Crippen LogP contribution in [0.5, 0.6) is 17.2 Å². The number of aliphatic imine (C=N–C) groups is 1. The van der Waals surface area contributed by atoms with E-state index < -0.39 is 0 Å². The highest BCUT2D eigenvalue weighted by atomic mass is 16.5. The van der Waals surface area contributed by atoms with Crippen LogP contribution < -0.4 is 9.47 Å². The van der Waals surface area contributed by atoms with Crippen LogP contribution in [0, 0.1) is 0 Å². The Bertz CT molecular complexity index is 576. The lowest BCUT2D eigenvalue weighted by atomic mass is 10.2. The minimum atomic E-state index is 0.136. The minimum Gasteiger partial charge on any atom is -0.507 e. The van der Waals surface area contributed by atoms with Crippen LogP contribution in [0.4, 0.5) is 5.69 Å². The molecule has 0 saturated heterocycles. The van der Waals surface area contributed by atoms with Crippen LogP contribution >= 0.6 is 0 Å². The zero-order valence-corrected chi connectivity index (χ0v) is 10.8. The summed E-state index contributed by atoms with van der Waals surface area (Å²) in [6.45, 7) is 0. The lowest BCUT2D eigenvalue weighted by Crippen LogP contribution is -1.90. The Morgan fingerprint density at radius 1 is 1.00 bits per heavy atom. The SMILES string of the molecule is COc1ccc(N=Cc2c(O)cccc2OC)cc1. The van der Waals surface area contributed by atoms with Gasteiger partial charge in [-0.15, -0.1) is 0 Å². The van der Waals surface area contributed by atoms with Crippen molar-refractivity contribution in [1.82, 2.24) is 0 Å². The Labute approximate surface area is 111 Å². The molecule has 4 heteroatoms. The molecule has 0 aliphatic heterocycles. The Morgan fingerprint density at radius 3 is 2.37 bits per heavy atom. The van der Waals surface area contributed by atoms with Gasteiger partial charge in [-0.05, 0) is 36.4 Å². The first-order chi connectivity index (χ1) is 9.24. The molecule has 0 aliphatic rings.